The molecule has 0 aromatic heterocycles. The van der Waals surface area contributed by atoms with Crippen LogP contribution >= 0.6 is 7.92 Å². The number of anilines is 1. The normalized spacial score (nSPS) is 10.8. The summed E-state index contributed by atoms with van der Waals surface area (Å²) in [7, 11) is -0.657. The Morgan fingerprint density at radius 3 is 1.79 bits per heavy atom. The van der Waals surface area contributed by atoms with Gasteiger partial charge < -0.3 is 10.4 Å². The van der Waals surface area contributed by atoms with Crippen molar-refractivity contribution >= 4 is 29.5 Å². The number of benzene rings is 4. The van der Waals surface area contributed by atoms with Crippen molar-refractivity contribution in [2.45, 2.75) is 6.54 Å². The van der Waals surface area contributed by atoms with Gasteiger partial charge in [-0.05, 0) is 41.5 Å². The number of hydrogen-bond donors (Lipinski definition) is 2. The first kappa shape index (κ1) is 18.3. The number of nitrogens with one attached hydrogen (secondary N) is 1. The second-order valence-corrected chi connectivity index (χ2v) is 8.69. The Kier molecular flexibility index (Phi) is 5.70. The summed E-state index contributed by atoms with van der Waals surface area (Å²) in [6.07, 6.45) is 0. The molecule has 0 radical (unpaired) electrons. The second-order valence-electron chi connectivity index (χ2n) is 6.51. The molecule has 4 rings (SSSR count). The first-order valence-corrected chi connectivity index (χ1v) is 10.7. The summed E-state index contributed by atoms with van der Waals surface area (Å²) < 4.78 is 0. The molecule has 3 heteroatoms. The molecule has 0 bridgehead atoms. The Labute approximate surface area is 167 Å². The van der Waals surface area contributed by atoms with Crippen molar-refractivity contribution in [3.8, 4) is 5.75 Å². The zero-order valence-corrected chi connectivity index (χ0v) is 16.4. The van der Waals surface area contributed by atoms with E-state index in [9.17, 15) is 5.11 Å². The van der Waals surface area contributed by atoms with Crippen LogP contribution in [0, 0.1) is 0 Å². The highest BCUT2D eigenvalue weighted by Crippen LogP contribution is 2.34. The van der Waals surface area contributed by atoms with Gasteiger partial charge in [0, 0.05) is 6.54 Å². The lowest BCUT2D eigenvalue weighted by molar-refractivity contribution is 0.477. The third-order valence-corrected chi connectivity index (χ3v) is 7.18. The molecular formula is C25H22NOP. The molecule has 28 heavy (non-hydrogen) atoms. The zero-order chi connectivity index (χ0) is 19.2. The summed E-state index contributed by atoms with van der Waals surface area (Å²) in [5.41, 5.74) is 1.99. The van der Waals surface area contributed by atoms with Crippen LogP contribution in [-0.2, 0) is 6.54 Å². The van der Waals surface area contributed by atoms with E-state index >= 15 is 0 Å². The third kappa shape index (κ3) is 4.08. The van der Waals surface area contributed by atoms with Crippen LogP contribution in [0.5, 0.6) is 5.75 Å². The maximum absolute atomic E-state index is 10.1. The van der Waals surface area contributed by atoms with Crippen molar-refractivity contribution in [1.29, 1.82) is 0 Å². The number of para-hydroxylation sites is 2. The molecule has 0 unspecified atom stereocenters. The summed E-state index contributed by atoms with van der Waals surface area (Å²) in [5, 5.41) is 17.4. The Balaban J connectivity index is 1.72. The van der Waals surface area contributed by atoms with Gasteiger partial charge in [-0.25, -0.2) is 0 Å². The van der Waals surface area contributed by atoms with Crippen LogP contribution in [0.2, 0.25) is 0 Å². The van der Waals surface area contributed by atoms with Gasteiger partial charge >= 0.3 is 0 Å². The Morgan fingerprint density at radius 2 is 1.14 bits per heavy atom. The molecule has 2 nitrogen and oxygen atoms in total. The fourth-order valence-electron chi connectivity index (χ4n) is 3.27. The number of phenols is 1. The Hall–Kier alpha value is -3.09. The first-order chi connectivity index (χ1) is 13.8. The minimum absolute atomic E-state index is 0.272. The van der Waals surface area contributed by atoms with E-state index in [-0.39, 0.29) is 5.75 Å². The summed E-state index contributed by atoms with van der Waals surface area (Å²) in [5.74, 6) is 0.272. The molecule has 0 spiro atoms. The van der Waals surface area contributed by atoms with Crippen molar-refractivity contribution in [3.05, 3.63) is 115 Å². The quantitative estimate of drug-likeness (QED) is 0.372. The highest BCUT2D eigenvalue weighted by atomic mass is 31.1. The molecule has 4 aromatic rings. The zero-order valence-electron chi connectivity index (χ0n) is 15.5. The average molecular weight is 383 g/mol. The second kappa shape index (κ2) is 8.73. The summed E-state index contributed by atoms with van der Waals surface area (Å²) in [6.45, 7) is 0.659. The van der Waals surface area contributed by atoms with Crippen LogP contribution in [-0.4, -0.2) is 5.11 Å². The third-order valence-electron chi connectivity index (χ3n) is 4.63. The highest BCUT2D eigenvalue weighted by Gasteiger charge is 2.19. The van der Waals surface area contributed by atoms with Crippen LogP contribution in [0.1, 0.15) is 5.56 Å². The van der Waals surface area contributed by atoms with Gasteiger partial charge in [0.15, 0.2) is 0 Å². The van der Waals surface area contributed by atoms with Gasteiger partial charge in [-0.1, -0.05) is 97.1 Å². The summed E-state index contributed by atoms with van der Waals surface area (Å²) >= 11 is 0. The lowest BCUT2D eigenvalue weighted by atomic mass is 10.2. The fraction of sp³-hybridized carbons (Fsp3) is 0.0400. The van der Waals surface area contributed by atoms with Crippen molar-refractivity contribution < 1.29 is 5.11 Å². The lowest BCUT2D eigenvalue weighted by Crippen LogP contribution is -2.24. The molecule has 0 aliphatic heterocycles. The smallest absolute Gasteiger partial charge is 0.138 e. The number of aromatic hydroxyl groups is 1. The topological polar surface area (TPSA) is 32.3 Å². The van der Waals surface area contributed by atoms with Crippen molar-refractivity contribution in [2.24, 2.45) is 0 Å². The fourth-order valence-corrected chi connectivity index (χ4v) is 5.74. The maximum Gasteiger partial charge on any atom is 0.138 e. The van der Waals surface area contributed by atoms with Gasteiger partial charge in [0.2, 0.25) is 0 Å². The molecule has 0 fully saturated rings. The molecule has 0 saturated heterocycles. The van der Waals surface area contributed by atoms with Gasteiger partial charge in [0.1, 0.15) is 5.75 Å². The highest BCUT2D eigenvalue weighted by molar-refractivity contribution is 7.79. The average Bonchev–Trinajstić information content (AvgIpc) is 2.76. The lowest BCUT2D eigenvalue weighted by Gasteiger charge is -2.22. The van der Waals surface area contributed by atoms with Crippen molar-refractivity contribution in [1.82, 2.24) is 0 Å². The summed E-state index contributed by atoms with van der Waals surface area (Å²) in [4.78, 5) is 0. The molecule has 0 atom stereocenters. The molecular weight excluding hydrogens is 361 g/mol. The van der Waals surface area contributed by atoms with Gasteiger partial charge in [0.05, 0.1) is 5.69 Å². The van der Waals surface area contributed by atoms with Crippen molar-refractivity contribution in [3.63, 3.8) is 0 Å². The molecule has 0 amide bonds. The first-order valence-electron chi connectivity index (χ1n) is 9.33. The maximum atomic E-state index is 10.1. The van der Waals surface area contributed by atoms with Crippen molar-refractivity contribution in [2.75, 3.05) is 5.32 Å². The van der Waals surface area contributed by atoms with E-state index in [1.54, 1.807) is 6.07 Å². The Bertz CT molecular complexity index is 995. The molecule has 0 heterocycles. The van der Waals surface area contributed by atoms with Crippen LogP contribution in [0.15, 0.2) is 109 Å². The molecule has 4 aromatic carbocycles. The van der Waals surface area contributed by atoms with E-state index < -0.39 is 7.92 Å². The molecule has 138 valence electrons. The predicted octanol–water partition coefficient (Wildman–Crippen LogP) is 4.76. The number of rotatable bonds is 6. The van der Waals surface area contributed by atoms with Gasteiger partial charge in [-0.2, -0.15) is 0 Å². The molecule has 0 aliphatic rings. The summed E-state index contributed by atoms with van der Waals surface area (Å²) in [6, 6.07) is 37.4. The van der Waals surface area contributed by atoms with Gasteiger partial charge in [-0.15, -0.1) is 0 Å². The monoisotopic (exact) mass is 383 g/mol. The minimum Gasteiger partial charge on any atom is -0.506 e. The number of phenolic OH excluding ortho intramolecular Hbond substituents is 1. The standard InChI is InChI=1S/C25H22NOP/c27-24-17-9-8-16-23(24)26-19-20-11-7-10-18-25(20)28(21-12-3-1-4-13-21)22-14-5-2-6-15-22/h1-18,26-27H,19H2. The van der Waals surface area contributed by atoms with E-state index in [4.69, 9.17) is 0 Å². The minimum atomic E-state index is -0.657. The van der Waals surface area contributed by atoms with E-state index in [0.29, 0.717) is 6.54 Å². The van der Waals surface area contributed by atoms with Gasteiger partial charge in [0.25, 0.3) is 0 Å². The Morgan fingerprint density at radius 1 is 0.607 bits per heavy atom. The van der Waals surface area contributed by atoms with E-state index in [2.05, 4.69) is 90.2 Å². The van der Waals surface area contributed by atoms with Crippen LogP contribution < -0.4 is 21.2 Å². The van der Waals surface area contributed by atoms with Crippen LogP contribution in [0.25, 0.3) is 0 Å². The van der Waals surface area contributed by atoms with E-state index in [1.807, 2.05) is 18.2 Å². The SMILES string of the molecule is Oc1ccccc1NCc1ccccc1P(c1ccccc1)c1ccccc1. The van der Waals surface area contributed by atoms with Crippen LogP contribution in [0.4, 0.5) is 5.69 Å². The number of hydrogen-bond acceptors (Lipinski definition) is 2. The van der Waals surface area contributed by atoms with E-state index in [1.165, 1.54) is 21.5 Å². The predicted molar refractivity (Wildman–Crippen MR) is 121 cm³/mol. The van der Waals surface area contributed by atoms with Gasteiger partial charge in [-0.3, -0.25) is 0 Å². The molecule has 2 N–H and O–H groups in total. The molecule has 0 aliphatic carbocycles. The van der Waals surface area contributed by atoms with Crippen LogP contribution in [0.3, 0.4) is 0 Å². The largest absolute Gasteiger partial charge is 0.506 e. The van der Waals surface area contributed by atoms with E-state index in [0.717, 1.165) is 5.69 Å². The molecule has 0 saturated carbocycles.